The van der Waals surface area contributed by atoms with Gasteiger partial charge in [0.15, 0.2) is 0 Å². The zero-order valence-corrected chi connectivity index (χ0v) is 15.7. The molecule has 0 saturated carbocycles. The van der Waals surface area contributed by atoms with E-state index in [2.05, 4.69) is 10.6 Å². The molecule has 9 nitrogen and oxygen atoms in total. The molecule has 1 saturated heterocycles. The van der Waals surface area contributed by atoms with Gasteiger partial charge in [-0.15, -0.1) is 0 Å². The van der Waals surface area contributed by atoms with Crippen LogP contribution >= 0.6 is 0 Å². The van der Waals surface area contributed by atoms with Gasteiger partial charge in [0.1, 0.15) is 11.6 Å². The van der Waals surface area contributed by atoms with E-state index in [9.17, 15) is 19.2 Å². The van der Waals surface area contributed by atoms with Crippen LogP contribution in [0.4, 0.5) is 10.5 Å². The summed E-state index contributed by atoms with van der Waals surface area (Å²) in [4.78, 5) is 48.2. The van der Waals surface area contributed by atoms with Crippen molar-refractivity contribution in [1.82, 2.24) is 14.5 Å². The summed E-state index contributed by atoms with van der Waals surface area (Å²) in [6, 6.07) is 4.19. The first-order chi connectivity index (χ1) is 12.6. The number of ether oxygens (including phenoxy) is 1. The maximum absolute atomic E-state index is 12.7. The second kappa shape index (κ2) is 6.57. The molecule has 0 aliphatic carbocycles. The molecular formula is C18H22N4O5. The molecule has 144 valence electrons. The van der Waals surface area contributed by atoms with Gasteiger partial charge >= 0.3 is 11.8 Å². The van der Waals surface area contributed by atoms with Crippen LogP contribution < -0.4 is 16.3 Å². The Morgan fingerprint density at radius 3 is 2.56 bits per heavy atom. The number of amides is 3. The molecule has 27 heavy (non-hydrogen) atoms. The Balaban J connectivity index is 1.96. The number of nitrogens with one attached hydrogen (secondary N) is 2. The Hall–Kier alpha value is -3.10. The average molecular weight is 374 g/mol. The van der Waals surface area contributed by atoms with Gasteiger partial charge in [0.05, 0.1) is 11.0 Å². The Labute approximate surface area is 155 Å². The number of hydrogen-bond donors (Lipinski definition) is 2. The van der Waals surface area contributed by atoms with Crippen LogP contribution in [0.2, 0.25) is 0 Å². The van der Waals surface area contributed by atoms with Crippen molar-refractivity contribution in [2.45, 2.75) is 45.3 Å². The molecule has 1 atom stereocenters. The quantitative estimate of drug-likeness (QED) is 0.777. The summed E-state index contributed by atoms with van der Waals surface area (Å²) in [5, 5.41) is 4.90. The van der Waals surface area contributed by atoms with Crippen molar-refractivity contribution in [3.8, 4) is 0 Å². The summed E-state index contributed by atoms with van der Waals surface area (Å²) in [5.74, 6) is -0.829. The van der Waals surface area contributed by atoms with Gasteiger partial charge in [-0.2, -0.15) is 0 Å². The second-order valence-electron chi connectivity index (χ2n) is 7.51. The van der Waals surface area contributed by atoms with E-state index in [0.29, 0.717) is 16.7 Å². The summed E-state index contributed by atoms with van der Waals surface area (Å²) < 4.78 is 8.01. The molecule has 1 aromatic carbocycles. The molecular weight excluding hydrogens is 352 g/mol. The van der Waals surface area contributed by atoms with Crippen LogP contribution in [-0.2, 0) is 21.4 Å². The molecule has 1 aliphatic rings. The van der Waals surface area contributed by atoms with E-state index in [1.807, 2.05) is 0 Å². The highest BCUT2D eigenvalue weighted by Crippen LogP contribution is 2.25. The third-order valence-electron chi connectivity index (χ3n) is 4.26. The molecule has 3 amide bonds. The molecule has 0 radical (unpaired) electrons. The Bertz CT molecular complexity index is 996. The molecule has 2 aromatic rings. The summed E-state index contributed by atoms with van der Waals surface area (Å²) in [6.07, 6.45) is -0.157. The van der Waals surface area contributed by atoms with Gasteiger partial charge in [0.25, 0.3) is 0 Å². The number of anilines is 1. The number of aryl methyl sites for hydroxylation is 1. The molecule has 3 rings (SSSR count). The minimum Gasteiger partial charge on any atom is -0.444 e. The van der Waals surface area contributed by atoms with Gasteiger partial charge in [-0.25, -0.2) is 9.59 Å². The fourth-order valence-electron chi connectivity index (χ4n) is 3.09. The molecule has 1 fully saturated rings. The van der Waals surface area contributed by atoms with Crippen LogP contribution in [-0.4, -0.2) is 32.6 Å². The summed E-state index contributed by atoms with van der Waals surface area (Å²) >= 11 is 0. The van der Waals surface area contributed by atoms with Gasteiger partial charge in [-0.3, -0.25) is 29.4 Å². The van der Waals surface area contributed by atoms with E-state index in [1.54, 1.807) is 46.0 Å². The van der Waals surface area contributed by atoms with Crippen molar-refractivity contribution in [2.24, 2.45) is 7.05 Å². The zero-order valence-electron chi connectivity index (χ0n) is 15.7. The summed E-state index contributed by atoms with van der Waals surface area (Å²) in [6.45, 7) is 5.29. The summed E-state index contributed by atoms with van der Waals surface area (Å²) in [5.41, 5.74) is 0.572. The zero-order chi connectivity index (χ0) is 19.9. The van der Waals surface area contributed by atoms with Crippen molar-refractivity contribution >= 4 is 34.6 Å². The number of imidazole rings is 1. The predicted octanol–water partition coefficient (Wildman–Crippen LogP) is 1.66. The van der Waals surface area contributed by atoms with Crippen molar-refractivity contribution in [1.29, 1.82) is 0 Å². The minimum atomic E-state index is -0.747. The van der Waals surface area contributed by atoms with Crippen molar-refractivity contribution in [2.75, 3.05) is 5.32 Å². The maximum atomic E-state index is 12.7. The fraction of sp³-hybridized carbons (Fsp3) is 0.444. The van der Waals surface area contributed by atoms with Crippen molar-refractivity contribution in [3.63, 3.8) is 0 Å². The molecule has 0 spiro atoms. The van der Waals surface area contributed by atoms with Crippen molar-refractivity contribution < 1.29 is 19.1 Å². The van der Waals surface area contributed by atoms with E-state index in [4.69, 9.17) is 4.74 Å². The van der Waals surface area contributed by atoms with Crippen LogP contribution in [0.15, 0.2) is 23.0 Å². The van der Waals surface area contributed by atoms with E-state index in [1.165, 1.54) is 9.13 Å². The molecule has 1 unspecified atom stereocenters. The lowest BCUT2D eigenvalue weighted by atomic mass is 10.1. The third kappa shape index (κ3) is 3.71. The number of carbonyl (C=O) groups excluding carboxylic acids is 3. The third-order valence-corrected chi connectivity index (χ3v) is 4.26. The van der Waals surface area contributed by atoms with Gasteiger partial charge < -0.3 is 4.74 Å². The molecule has 0 bridgehead atoms. The number of imide groups is 1. The number of fused-ring (bicyclic) bond motifs is 1. The normalized spacial score (nSPS) is 17.7. The number of aromatic nitrogens is 2. The molecule has 9 heteroatoms. The van der Waals surface area contributed by atoms with Crippen molar-refractivity contribution in [3.05, 3.63) is 28.7 Å². The predicted molar refractivity (Wildman–Crippen MR) is 98.5 cm³/mol. The number of piperidine rings is 1. The first-order valence-electron chi connectivity index (χ1n) is 8.61. The lowest BCUT2D eigenvalue weighted by molar-refractivity contribution is -0.135. The topological polar surface area (TPSA) is 111 Å². The van der Waals surface area contributed by atoms with Crippen LogP contribution in [0.1, 0.15) is 39.7 Å². The fourth-order valence-corrected chi connectivity index (χ4v) is 3.09. The highest BCUT2D eigenvalue weighted by atomic mass is 16.6. The van der Waals surface area contributed by atoms with Gasteiger partial charge in [0, 0.05) is 19.2 Å². The number of hydrogen-bond acceptors (Lipinski definition) is 5. The van der Waals surface area contributed by atoms with E-state index >= 15 is 0 Å². The summed E-state index contributed by atoms with van der Waals surface area (Å²) in [7, 11) is 1.59. The number of carbonyl (C=O) groups is 3. The van der Waals surface area contributed by atoms with E-state index in [0.717, 1.165) is 0 Å². The standard InChI is InChI=1S/C18H22N4O5/c1-18(2,3)27-16(25)19-10-5-6-11-13(9-10)21(4)17(26)22(11)12-7-8-14(23)20-15(12)24/h5-6,9,12H,7-8H2,1-4H3,(H,19,25)(H,20,23,24). The van der Waals surface area contributed by atoms with Crippen LogP contribution in [0.5, 0.6) is 0 Å². The monoisotopic (exact) mass is 374 g/mol. The first-order valence-corrected chi connectivity index (χ1v) is 8.61. The van der Waals surface area contributed by atoms with Crippen LogP contribution in [0.25, 0.3) is 11.0 Å². The second-order valence-corrected chi connectivity index (χ2v) is 7.51. The largest absolute Gasteiger partial charge is 0.444 e. The molecule has 1 aliphatic heterocycles. The first kappa shape index (κ1) is 18.7. The molecule has 2 heterocycles. The molecule has 1 aromatic heterocycles. The van der Waals surface area contributed by atoms with Crippen LogP contribution in [0, 0.1) is 0 Å². The Kier molecular flexibility index (Phi) is 4.54. The average Bonchev–Trinajstić information content (AvgIpc) is 2.78. The Morgan fingerprint density at radius 2 is 1.93 bits per heavy atom. The number of rotatable bonds is 2. The smallest absolute Gasteiger partial charge is 0.412 e. The van der Waals surface area contributed by atoms with E-state index in [-0.39, 0.29) is 24.4 Å². The molecule has 2 N–H and O–H groups in total. The van der Waals surface area contributed by atoms with Gasteiger partial charge in [0.2, 0.25) is 11.8 Å². The lowest BCUT2D eigenvalue weighted by Crippen LogP contribution is -2.44. The SMILES string of the molecule is Cn1c(=O)n(C2CCC(=O)NC2=O)c2ccc(NC(=O)OC(C)(C)C)cc21. The highest BCUT2D eigenvalue weighted by Gasteiger charge is 2.31. The van der Waals surface area contributed by atoms with Crippen LogP contribution in [0.3, 0.4) is 0 Å². The van der Waals surface area contributed by atoms with Gasteiger partial charge in [-0.05, 0) is 45.4 Å². The highest BCUT2D eigenvalue weighted by molar-refractivity contribution is 6.00. The number of nitrogens with zero attached hydrogens (tertiary/aromatic N) is 2. The van der Waals surface area contributed by atoms with Gasteiger partial charge in [-0.1, -0.05) is 0 Å². The Morgan fingerprint density at radius 1 is 1.22 bits per heavy atom. The lowest BCUT2D eigenvalue weighted by Gasteiger charge is -2.22. The maximum Gasteiger partial charge on any atom is 0.412 e. The van der Waals surface area contributed by atoms with E-state index < -0.39 is 23.6 Å². The minimum absolute atomic E-state index is 0.178. The number of benzene rings is 1.